The van der Waals surface area contributed by atoms with Crippen LogP contribution in [0.15, 0.2) is 41.3 Å². The van der Waals surface area contributed by atoms with Crippen LogP contribution in [-0.2, 0) is 10.0 Å². The molecule has 3 rings (SSSR count). The maximum atomic E-state index is 12.8. The molecule has 7 heteroatoms. The van der Waals surface area contributed by atoms with Gasteiger partial charge in [0.25, 0.3) is 5.69 Å². The van der Waals surface area contributed by atoms with Crippen molar-refractivity contribution in [3.8, 4) is 0 Å². The number of non-ortho nitro benzene ring substituents is 1. The second-order valence-electron chi connectivity index (χ2n) is 5.95. The van der Waals surface area contributed by atoms with Gasteiger partial charge in [0.2, 0.25) is 10.0 Å². The van der Waals surface area contributed by atoms with Crippen LogP contribution < -0.4 is 0 Å². The lowest BCUT2D eigenvalue weighted by molar-refractivity contribution is -0.384. The zero-order valence-corrected chi connectivity index (χ0v) is 13.1. The first kappa shape index (κ1) is 15.2. The summed E-state index contributed by atoms with van der Waals surface area (Å²) >= 11 is 0. The maximum absolute atomic E-state index is 12.8. The van der Waals surface area contributed by atoms with Crippen molar-refractivity contribution in [2.24, 2.45) is 11.8 Å². The van der Waals surface area contributed by atoms with Gasteiger partial charge in [-0.3, -0.25) is 10.1 Å². The van der Waals surface area contributed by atoms with Crippen molar-refractivity contribution in [2.45, 2.75) is 30.7 Å². The van der Waals surface area contributed by atoms with E-state index in [9.17, 15) is 18.5 Å². The lowest BCUT2D eigenvalue weighted by atomic mass is 9.86. The number of benzene rings is 1. The lowest BCUT2D eigenvalue weighted by Gasteiger charge is -2.28. The average molecular weight is 322 g/mol. The van der Waals surface area contributed by atoms with Gasteiger partial charge < -0.3 is 0 Å². The van der Waals surface area contributed by atoms with E-state index in [0.717, 1.165) is 12.8 Å². The molecule has 0 saturated carbocycles. The monoisotopic (exact) mass is 322 g/mol. The summed E-state index contributed by atoms with van der Waals surface area (Å²) < 4.78 is 27.3. The van der Waals surface area contributed by atoms with E-state index in [-0.39, 0.29) is 28.5 Å². The molecule has 0 bridgehead atoms. The molecule has 1 aliphatic heterocycles. The Morgan fingerprint density at radius 1 is 1.27 bits per heavy atom. The van der Waals surface area contributed by atoms with Crippen LogP contribution in [0.5, 0.6) is 0 Å². The summed E-state index contributed by atoms with van der Waals surface area (Å²) in [5.41, 5.74) is -0.104. The van der Waals surface area contributed by atoms with E-state index in [1.165, 1.54) is 24.3 Å². The van der Waals surface area contributed by atoms with Crippen molar-refractivity contribution in [3.63, 3.8) is 0 Å². The molecule has 118 valence electrons. The first-order valence-corrected chi connectivity index (χ1v) is 8.78. The number of fused-ring (bicyclic) bond motifs is 1. The standard InChI is InChI=1S/C15H18N2O4S/c1-11-10-16(15-5-3-2-4-14(11)15)22(20,21)13-8-6-12(7-9-13)17(18)19/h2,4,6-9,11,14-15H,3,5,10H2,1H3. The highest BCUT2D eigenvalue weighted by Crippen LogP contribution is 2.39. The first-order chi connectivity index (χ1) is 10.4. The van der Waals surface area contributed by atoms with Crippen molar-refractivity contribution in [1.82, 2.24) is 4.31 Å². The first-order valence-electron chi connectivity index (χ1n) is 7.34. The van der Waals surface area contributed by atoms with Gasteiger partial charge >= 0.3 is 0 Å². The minimum absolute atomic E-state index is 0.000178. The van der Waals surface area contributed by atoms with Crippen LogP contribution in [0.25, 0.3) is 0 Å². The molecule has 1 fully saturated rings. The number of nitro benzene ring substituents is 1. The van der Waals surface area contributed by atoms with Crippen LogP contribution >= 0.6 is 0 Å². The SMILES string of the molecule is CC1CN(S(=O)(=O)c2ccc([N+](=O)[O-])cc2)C2CCC=CC12. The van der Waals surface area contributed by atoms with Crippen LogP contribution in [0, 0.1) is 22.0 Å². The Labute approximate surface area is 129 Å². The Balaban J connectivity index is 1.93. The Morgan fingerprint density at radius 3 is 2.59 bits per heavy atom. The minimum atomic E-state index is -3.61. The average Bonchev–Trinajstić information content (AvgIpc) is 2.86. The molecule has 3 atom stereocenters. The van der Waals surface area contributed by atoms with Gasteiger partial charge in [-0.2, -0.15) is 4.31 Å². The van der Waals surface area contributed by atoms with Gasteiger partial charge in [0.05, 0.1) is 9.82 Å². The third kappa shape index (κ3) is 2.44. The topological polar surface area (TPSA) is 80.5 Å². The van der Waals surface area contributed by atoms with Gasteiger partial charge in [-0.1, -0.05) is 19.1 Å². The summed E-state index contributed by atoms with van der Waals surface area (Å²) in [4.78, 5) is 10.3. The summed E-state index contributed by atoms with van der Waals surface area (Å²) in [6.07, 6.45) is 5.97. The quantitative estimate of drug-likeness (QED) is 0.486. The smallest absolute Gasteiger partial charge is 0.258 e. The molecular formula is C15H18N2O4S. The van der Waals surface area contributed by atoms with E-state index < -0.39 is 14.9 Å². The second-order valence-corrected chi connectivity index (χ2v) is 7.84. The van der Waals surface area contributed by atoms with E-state index >= 15 is 0 Å². The molecule has 0 radical (unpaired) electrons. The van der Waals surface area contributed by atoms with E-state index in [0.29, 0.717) is 6.54 Å². The molecule has 22 heavy (non-hydrogen) atoms. The predicted molar refractivity (Wildman–Crippen MR) is 81.8 cm³/mol. The van der Waals surface area contributed by atoms with Crippen LogP contribution in [0.2, 0.25) is 0 Å². The highest BCUT2D eigenvalue weighted by molar-refractivity contribution is 7.89. The highest BCUT2D eigenvalue weighted by atomic mass is 32.2. The minimum Gasteiger partial charge on any atom is -0.258 e. The number of allylic oxidation sites excluding steroid dienone is 1. The fourth-order valence-electron chi connectivity index (χ4n) is 3.44. The molecule has 0 spiro atoms. The summed E-state index contributed by atoms with van der Waals surface area (Å²) in [7, 11) is -3.61. The number of hydrogen-bond acceptors (Lipinski definition) is 4. The Hall–Kier alpha value is -1.73. The molecule has 3 unspecified atom stereocenters. The van der Waals surface area contributed by atoms with Gasteiger partial charge in [0, 0.05) is 24.7 Å². The van der Waals surface area contributed by atoms with Gasteiger partial charge in [0.1, 0.15) is 0 Å². The fraction of sp³-hybridized carbons (Fsp3) is 0.467. The lowest BCUT2D eigenvalue weighted by Crippen LogP contribution is -2.38. The fourth-order valence-corrected chi connectivity index (χ4v) is 5.22. The maximum Gasteiger partial charge on any atom is 0.269 e. The van der Waals surface area contributed by atoms with Crippen molar-refractivity contribution in [3.05, 3.63) is 46.5 Å². The Bertz CT molecular complexity index is 712. The highest BCUT2D eigenvalue weighted by Gasteiger charge is 2.44. The molecule has 1 aromatic carbocycles. The van der Waals surface area contributed by atoms with Crippen molar-refractivity contribution in [2.75, 3.05) is 6.54 Å². The summed E-state index contributed by atoms with van der Waals surface area (Å²) in [6.45, 7) is 2.57. The number of nitrogens with zero attached hydrogens (tertiary/aromatic N) is 2. The number of hydrogen-bond donors (Lipinski definition) is 0. The van der Waals surface area contributed by atoms with E-state index in [1.54, 1.807) is 4.31 Å². The zero-order valence-electron chi connectivity index (χ0n) is 12.3. The molecule has 1 aromatic rings. The van der Waals surface area contributed by atoms with Crippen molar-refractivity contribution < 1.29 is 13.3 Å². The van der Waals surface area contributed by atoms with Gasteiger partial charge in [-0.05, 0) is 36.8 Å². The summed E-state index contributed by atoms with van der Waals surface area (Å²) in [5.74, 6) is 0.552. The second kappa shape index (κ2) is 5.48. The largest absolute Gasteiger partial charge is 0.269 e. The normalized spacial score (nSPS) is 28.5. The zero-order chi connectivity index (χ0) is 15.9. The Morgan fingerprint density at radius 2 is 1.95 bits per heavy atom. The molecule has 2 aliphatic rings. The van der Waals surface area contributed by atoms with Crippen LogP contribution in [0.3, 0.4) is 0 Å². The number of sulfonamides is 1. The summed E-state index contributed by atoms with van der Waals surface area (Å²) in [5, 5.41) is 10.7. The molecule has 1 heterocycles. The van der Waals surface area contributed by atoms with Crippen molar-refractivity contribution in [1.29, 1.82) is 0 Å². The third-order valence-electron chi connectivity index (χ3n) is 4.58. The van der Waals surface area contributed by atoms with Gasteiger partial charge in [0.15, 0.2) is 0 Å². The summed E-state index contributed by atoms with van der Waals surface area (Å²) in [6, 6.07) is 5.13. The number of nitro groups is 1. The van der Waals surface area contributed by atoms with E-state index in [4.69, 9.17) is 0 Å². The molecule has 0 amide bonds. The van der Waals surface area contributed by atoms with Crippen LogP contribution in [0.4, 0.5) is 5.69 Å². The van der Waals surface area contributed by atoms with Crippen LogP contribution in [0.1, 0.15) is 19.8 Å². The van der Waals surface area contributed by atoms with E-state index in [1.807, 2.05) is 0 Å². The molecular weight excluding hydrogens is 304 g/mol. The molecule has 1 saturated heterocycles. The molecule has 6 nitrogen and oxygen atoms in total. The number of rotatable bonds is 3. The molecule has 0 aromatic heterocycles. The van der Waals surface area contributed by atoms with E-state index in [2.05, 4.69) is 19.1 Å². The third-order valence-corrected chi connectivity index (χ3v) is 6.49. The molecule has 1 aliphatic carbocycles. The molecule has 0 N–H and O–H groups in total. The van der Waals surface area contributed by atoms with Crippen molar-refractivity contribution >= 4 is 15.7 Å². The van der Waals surface area contributed by atoms with Crippen LogP contribution in [-0.4, -0.2) is 30.2 Å². The Kier molecular flexibility index (Phi) is 3.78. The predicted octanol–water partition coefficient (Wildman–Crippen LogP) is 2.57. The van der Waals surface area contributed by atoms with Gasteiger partial charge in [-0.15, -0.1) is 0 Å². The van der Waals surface area contributed by atoms with Gasteiger partial charge in [-0.25, -0.2) is 8.42 Å².